The highest BCUT2D eigenvalue weighted by Crippen LogP contribution is 2.42. The van der Waals surface area contributed by atoms with E-state index in [0.29, 0.717) is 6.04 Å². The zero-order chi connectivity index (χ0) is 14.8. The monoisotopic (exact) mass is 285 g/mol. The van der Waals surface area contributed by atoms with E-state index in [0.717, 1.165) is 12.8 Å². The van der Waals surface area contributed by atoms with Gasteiger partial charge in [-0.3, -0.25) is 4.79 Å². The second kappa shape index (κ2) is 6.02. The fourth-order valence-electron chi connectivity index (χ4n) is 3.91. The normalized spacial score (nSPS) is 31.5. The number of hydrogen-bond donors (Lipinski definition) is 1. The van der Waals surface area contributed by atoms with Crippen molar-refractivity contribution in [3.63, 3.8) is 0 Å². The van der Waals surface area contributed by atoms with Gasteiger partial charge in [-0.2, -0.15) is 0 Å². The van der Waals surface area contributed by atoms with Gasteiger partial charge in [0.05, 0.1) is 13.0 Å². The molecule has 2 fully saturated rings. The van der Waals surface area contributed by atoms with E-state index < -0.39 is 0 Å². The molecule has 2 aliphatic rings. The minimum atomic E-state index is -0.0737. The number of benzene rings is 1. The second-order valence-corrected chi connectivity index (χ2v) is 6.11. The molecule has 3 heteroatoms. The fraction of sp³-hybridized carbons (Fsp3) is 0.500. The van der Waals surface area contributed by atoms with Crippen molar-refractivity contribution in [2.75, 3.05) is 7.11 Å². The first kappa shape index (κ1) is 14.3. The Hall–Kier alpha value is -1.61. The molecule has 3 nitrogen and oxygen atoms in total. The molecule has 2 saturated heterocycles. The molecule has 0 saturated carbocycles. The molecule has 0 aliphatic carbocycles. The molecule has 1 aromatic rings. The molecule has 3 rings (SSSR count). The van der Waals surface area contributed by atoms with Crippen LogP contribution in [-0.2, 0) is 9.53 Å². The van der Waals surface area contributed by atoms with Crippen LogP contribution < -0.4 is 5.32 Å². The number of carbonyl (C=O) groups is 1. The summed E-state index contributed by atoms with van der Waals surface area (Å²) in [6, 6.07) is 9.43. The Morgan fingerprint density at radius 1 is 1.29 bits per heavy atom. The number of ether oxygens (including phenoxy) is 1. The van der Waals surface area contributed by atoms with Crippen LogP contribution in [0.15, 0.2) is 30.3 Å². The molecule has 0 radical (unpaired) electrons. The van der Waals surface area contributed by atoms with Gasteiger partial charge in [0, 0.05) is 18.0 Å². The van der Waals surface area contributed by atoms with Crippen LogP contribution in [0, 0.1) is 5.92 Å². The van der Waals surface area contributed by atoms with Crippen LogP contribution in [0.25, 0.3) is 6.08 Å². The molecule has 21 heavy (non-hydrogen) atoms. The smallest absolute Gasteiger partial charge is 0.310 e. The number of esters is 1. The van der Waals surface area contributed by atoms with Crippen molar-refractivity contribution in [3.8, 4) is 0 Å². The van der Waals surface area contributed by atoms with Crippen LogP contribution in [0.3, 0.4) is 0 Å². The minimum absolute atomic E-state index is 0.0543. The van der Waals surface area contributed by atoms with Gasteiger partial charge in [0.1, 0.15) is 0 Å². The number of fused-ring (bicyclic) bond motifs is 2. The van der Waals surface area contributed by atoms with Crippen molar-refractivity contribution in [1.82, 2.24) is 5.32 Å². The van der Waals surface area contributed by atoms with Crippen LogP contribution in [-0.4, -0.2) is 25.2 Å². The lowest BCUT2D eigenvalue weighted by Gasteiger charge is -2.36. The third kappa shape index (κ3) is 2.75. The van der Waals surface area contributed by atoms with Gasteiger partial charge in [-0.1, -0.05) is 36.4 Å². The van der Waals surface area contributed by atoms with E-state index in [1.807, 2.05) is 13.0 Å². The summed E-state index contributed by atoms with van der Waals surface area (Å²) >= 11 is 0. The van der Waals surface area contributed by atoms with E-state index in [-0.39, 0.29) is 23.8 Å². The van der Waals surface area contributed by atoms with Crippen LogP contribution in [0.5, 0.6) is 0 Å². The van der Waals surface area contributed by atoms with Gasteiger partial charge in [0.25, 0.3) is 0 Å². The quantitative estimate of drug-likeness (QED) is 0.867. The Bertz CT molecular complexity index is 535. The maximum atomic E-state index is 12.2. The molecular weight excluding hydrogens is 262 g/mol. The van der Waals surface area contributed by atoms with Crippen LogP contribution >= 0.6 is 0 Å². The van der Waals surface area contributed by atoms with Gasteiger partial charge < -0.3 is 10.1 Å². The second-order valence-electron chi connectivity index (χ2n) is 6.11. The van der Waals surface area contributed by atoms with Gasteiger partial charge in [-0.15, -0.1) is 0 Å². The van der Waals surface area contributed by atoms with Crippen molar-refractivity contribution in [2.24, 2.45) is 5.92 Å². The number of carbonyl (C=O) groups excluding carboxylic acids is 1. The summed E-state index contributed by atoms with van der Waals surface area (Å²) in [4.78, 5) is 12.2. The van der Waals surface area contributed by atoms with E-state index in [1.165, 1.54) is 24.7 Å². The molecule has 2 bridgehead atoms. The van der Waals surface area contributed by atoms with E-state index in [2.05, 4.69) is 35.7 Å². The third-order valence-electron chi connectivity index (χ3n) is 4.88. The Morgan fingerprint density at radius 3 is 2.71 bits per heavy atom. The topological polar surface area (TPSA) is 38.3 Å². The highest BCUT2D eigenvalue weighted by Gasteiger charge is 2.46. The Morgan fingerprint density at radius 2 is 2.05 bits per heavy atom. The number of hydrogen-bond acceptors (Lipinski definition) is 3. The van der Waals surface area contributed by atoms with Gasteiger partial charge in [0.2, 0.25) is 0 Å². The maximum absolute atomic E-state index is 12.2. The standard InChI is InChI=1S/C18H23NO2/c1-3-4-12-5-7-13(8-6-12)15-11-14-9-10-16(19-14)17(15)18(20)21-2/h3-8,14-17,19H,9-11H2,1-2H3/b4-3-. The Balaban J connectivity index is 1.88. The molecule has 4 atom stereocenters. The fourth-order valence-corrected chi connectivity index (χ4v) is 3.91. The highest BCUT2D eigenvalue weighted by atomic mass is 16.5. The van der Waals surface area contributed by atoms with E-state index in [4.69, 9.17) is 4.74 Å². The maximum Gasteiger partial charge on any atom is 0.310 e. The van der Waals surface area contributed by atoms with Gasteiger partial charge in [-0.05, 0) is 37.3 Å². The first-order valence-corrected chi connectivity index (χ1v) is 7.79. The van der Waals surface area contributed by atoms with Crippen molar-refractivity contribution >= 4 is 12.0 Å². The Kier molecular flexibility index (Phi) is 4.11. The number of methoxy groups -OCH3 is 1. The van der Waals surface area contributed by atoms with Crippen molar-refractivity contribution < 1.29 is 9.53 Å². The van der Waals surface area contributed by atoms with Crippen LogP contribution in [0.2, 0.25) is 0 Å². The predicted molar refractivity (Wildman–Crippen MR) is 84.0 cm³/mol. The first-order valence-electron chi connectivity index (χ1n) is 7.79. The van der Waals surface area contributed by atoms with Crippen molar-refractivity contribution in [1.29, 1.82) is 0 Å². The summed E-state index contributed by atoms with van der Waals surface area (Å²) in [5, 5.41) is 3.58. The van der Waals surface area contributed by atoms with Crippen molar-refractivity contribution in [2.45, 2.75) is 44.2 Å². The number of piperidine rings is 1. The zero-order valence-electron chi connectivity index (χ0n) is 12.7. The summed E-state index contributed by atoms with van der Waals surface area (Å²) in [7, 11) is 1.50. The van der Waals surface area contributed by atoms with Gasteiger partial charge in [0.15, 0.2) is 0 Å². The molecule has 0 amide bonds. The molecule has 1 aromatic carbocycles. The summed E-state index contributed by atoms with van der Waals surface area (Å²) in [6.45, 7) is 2.02. The lowest BCUT2D eigenvalue weighted by Crippen LogP contribution is -2.48. The number of allylic oxidation sites excluding steroid dienone is 1. The predicted octanol–water partition coefficient (Wildman–Crippen LogP) is 3.12. The first-order chi connectivity index (χ1) is 10.2. The van der Waals surface area contributed by atoms with Gasteiger partial charge in [-0.25, -0.2) is 0 Å². The van der Waals surface area contributed by atoms with E-state index >= 15 is 0 Å². The molecule has 0 aromatic heterocycles. The molecule has 2 heterocycles. The van der Waals surface area contributed by atoms with Gasteiger partial charge >= 0.3 is 5.97 Å². The minimum Gasteiger partial charge on any atom is -0.469 e. The summed E-state index contributed by atoms with van der Waals surface area (Å²) in [6.07, 6.45) is 7.41. The average Bonchev–Trinajstić information content (AvgIpc) is 2.89. The summed E-state index contributed by atoms with van der Waals surface area (Å²) < 4.78 is 5.06. The third-order valence-corrected chi connectivity index (χ3v) is 4.88. The van der Waals surface area contributed by atoms with E-state index in [1.54, 1.807) is 0 Å². The zero-order valence-corrected chi connectivity index (χ0v) is 12.7. The van der Waals surface area contributed by atoms with E-state index in [9.17, 15) is 4.79 Å². The number of rotatable bonds is 3. The molecule has 2 aliphatic heterocycles. The molecule has 1 N–H and O–H groups in total. The molecular formula is C18H23NO2. The molecule has 4 unspecified atom stereocenters. The Labute approximate surface area is 126 Å². The SMILES string of the molecule is C/C=C\c1ccc(C2CC3CCC(N3)C2C(=O)OC)cc1. The molecule has 0 spiro atoms. The number of nitrogens with one attached hydrogen (secondary N) is 1. The summed E-state index contributed by atoms with van der Waals surface area (Å²) in [5.74, 6) is 0.146. The lowest BCUT2D eigenvalue weighted by molar-refractivity contribution is -0.148. The van der Waals surface area contributed by atoms with Crippen LogP contribution in [0.1, 0.15) is 43.2 Å². The van der Waals surface area contributed by atoms with Crippen LogP contribution in [0.4, 0.5) is 0 Å². The highest BCUT2D eigenvalue weighted by molar-refractivity contribution is 5.75. The van der Waals surface area contributed by atoms with Crippen molar-refractivity contribution in [3.05, 3.63) is 41.5 Å². The largest absolute Gasteiger partial charge is 0.469 e. The lowest BCUT2D eigenvalue weighted by atomic mass is 9.77. The molecule has 112 valence electrons. The summed E-state index contributed by atoms with van der Waals surface area (Å²) in [5.41, 5.74) is 2.46. The average molecular weight is 285 g/mol.